The number of nitrogens with one attached hydrogen (secondary N) is 1. The van der Waals surface area contributed by atoms with Gasteiger partial charge in [0.05, 0.1) is 0 Å². The lowest BCUT2D eigenvalue weighted by molar-refractivity contribution is 0.267. The lowest BCUT2D eigenvalue weighted by atomic mass is 9.73. The Morgan fingerprint density at radius 1 is 0.895 bits per heavy atom. The maximum atomic E-state index is 10.1. The van der Waals surface area contributed by atoms with E-state index in [1.54, 1.807) is 0 Å². The Morgan fingerprint density at radius 2 is 1.37 bits per heavy atom. The number of aromatic nitrogens is 1. The molecular formula is C16H23NO2. The van der Waals surface area contributed by atoms with Gasteiger partial charge in [0.25, 0.3) is 0 Å². The van der Waals surface area contributed by atoms with E-state index in [4.69, 9.17) is 0 Å². The molecule has 3 aliphatic carbocycles. The summed E-state index contributed by atoms with van der Waals surface area (Å²) < 4.78 is 0. The molecule has 1 aromatic rings. The first-order valence-electron chi connectivity index (χ1n) is 7.80. The molecule has 0 amide bonds. The van der Waals surface area contributed by atoms with Gasteiger partial charge in [-0.15, -0.1) is 0 Å². The third-order valence-corrected chi connectivity index (χ3v) is 6.40. The van der Waals surface area contributed by atoms with Gasteiger partial charge in [0, 0.05) is 11.1 Å². The molecule has 3 heteroatoms. The first-order chi connectivity index (χ1) is 9.17. The Hall–Kier alpha value is -1.12. The summed E-state index contributed by atoms with van der Waals surface area (Å²) in [6, 6.07) is 0. The summed E-state index contributed by atoms with van der Waals surface area (Å²) in [5.74, 6) is 4.56. The maximum absolute atomic E-state index is 10.1. The highest BCUT2D eigenvalue weighted by Crippen LogP contribution is 2.71. The molecular weight excluding hydrogens is 238 g/mol. The quantitative estimate of drug-likeness (QED) is 0.760. The molecule has 0 aromatic carbocycles. The predicted octanol–water partition coefficient (Wildman–Crippen LogP) is 3.70. The van der Waals surface area contributed by atoms with Gasteiger partial charge in [0.15, 0.2) is 11.8 Å². The van der Waals surface area contributed by atoms with Gasteiger partial charge in [-0.05, 0) is 48.3 Å². The minimum absolute atomic E-state index is 0.230. The van der Waals surface area contributed by atoms with Gasteiger partial charge in [0.2, 0.25) is 0 Å². The lowest BCUT2D eigenvalue weighted by Gasteiger charge is -2.30. The molecule has 0 saturated heterocycles. The van der Waals surface area contributed by atoms with Crippen LogP contribution in [0.15, 0.2) is 0 Å². The van der Waals surface area contributed by atoms with Crippen molar-refractivity contribution in [2.45, 2.75) is 51.4 Å². The van der Waals surface area contributed by atoms with Gasteiger partial charge in [-0.25, -0.2) is 0 Å². The highest BCUT2D eigenvalue weighted by Gasteiger charge is 2.60. The van der Waals surface area contributed by atoms with Gasteiger partial charge < -0.3 is 10.2 Å². The predicted molar refractivity (Wildman–Crippen MR) is 73.4 cm³/mol. The topological polar surface area (TPSA) is 56.2 Å². The van der Waals surface area contributed by atoms with Crippen LogP contribution in [-0.2, 0) is 0 Å². The van der Waals surface area contributed by atoms with Crippen molar-refractivity contribution in [1.29, 1.82) is 0 Å². The first kappa shape index (κ1) is 11.7. The number of H-pyrrole nitrogens is 1. The van der Waals surface area contributed by atoms with E-state index in [9.17, 15) is 10.2 Å². The van der Waals surface area contributed by atoms with Crippen molar-refractivity contribution in [3.63, 3.8) is 0 Å². The highest BCUT2D eigenvalue weighted by molar-refractivity contribution is 5.55. The molecule has 0 spiro atoms. The van der Waals surface area contributed by atoms with Crippen molar-refractivity contribution < 1.29 is 10.2 Å². The van der Waals surface area contributed by atoms with E-state index in [-0.39, 0.29) is 11.8 Å². The van der Waals surface area contributed by atoms with E-state index < -0.39 is 0 Å². The molecule has 3 N–H and O–H groups in total. The average Bonchev–Trinajstić information content (AvgIpc) is 3.09. The maximum Gasteiger partial charge on any atom is 0.195 e. The fourth-order valence-electron chi connectivity index (χ4n) is 5.86. The zero-order chi connectivity index (χ0) is 13.3. The fourth-order valence-corrected chi connectivity index (χ4v) is 5.86. The summed E-state index contributed by atoms with van der Waals surface area (Å²) in [7, 11) is 0. The summed E-state index contributed by atoms with van der Waals surface area (Å²) in [6.45, 7) is 4.61. The number of rotatable bonds is 2. The second kappa shape index (κ2) is 3.71. The molecule has 6 unspecified atom stereocenters. The molecule has 1 heterocycles. The normalized spacial score (nSPS) is 42.6. The summed E-state index contributed by atoms with van der Waals surface area (Å²) in [4.78, 5) is 2.74. The van der Waals surface area contributed by atoms with Gasteiger partial charge in [-0.3, -0.25) is 4.98 Å². The molecule has 19 heavy (non-hydrogen) atoms. The van der Waals surface area contributed by atoms with Crippen LogP contribution in [0.5, 0.6) is 11.8 Å². The van der Waals surface area contributed by atoms with Crippen molar-refractivity contribution in [2.75, 3.05) is 0 Å². The molecule has 0 radical (unpaired) electrons. The van der Waals surface area contributed by atoms with Crippen LogP contribution < -0.4 is 0 Å². The Kier molecular flexibility index (Phi) is 2.28. The third kappa shape index (κ3) is 1.24. The van der Waals surface area contributed by atoms with Gasteiger partial charge in [-0.1, -0.05) is 26.7 Å². The number of hydrogen-bond acceptors (Lipinski definition) is 2. The molecule has 2 fully saturated rings. The monoisotopic (exact) mass is 261 g/mol. The van der Waals surface area contributed by atoms with Crippen molar-refractivity contribution in [2.24, 2.45) is 23.7 Å². The van der Waals surface area contributed by atoms with Gasteiger partial charge >= 0.3 is 0 Å². The van der Waals surface area contributed by atoms with E-state index in [0.29, 0.717) is 11.8 Å². The first-order valence-corrected chi connectivity index (χ1v) is 7.80. The lowest BCUT2D eigenvalue weighted by Crippen LogP contribution is -2.23. The fraction of sp³-hybridized carbons (Fsp3) is 0.750. The van der Waals surface area contributed by atoms with Crippen molar-refractivity contribution >= 4 is 0 Å². The van der Waals surface area contributed by atoms with Gasteiger partial charge in [0.1, 0.15) is 0 Å². The number of fused-ring (bicyclic) bond motifs is 8. The molecule has 4 rings (SSSR count). The van der Waals surface area contributed by atoms with Gasteiger partial charge in [-0.2, -0.15) is 0 Å². The molecule has 1 aromatic heterocycles. The Bertz CT molecular complexity index is 479. The minimum Gasteiger partial charge on any atom is -0.494 e. The molecule has 2 saturated carbocycles. The molecule has 3 aliphatic rings. The van der Waals surface area contributed by atoms with Crippen LogP contribution in [-0.4, -0.2) is 15.2 Å². The second-order valence-corrected chi connectivity index (χ2v) is 6.83. The van der Waals surface area contributed by atoms with Crippen molar-refractivity contribution in [3.05, 3.63) is 11.1 Å². The van der Waals surface area contributed by atoms with Crippen LogP contribution >= 0.6 is 0 Å². The van der Waals surface area contributed by atoms with Crippen LogP contribution in [0, 0.1) is 23.7 Å². The third-order valence-electron chi connectivity index (χ3n) is 6.40. The zero-order valence-corrected chi connectivity index (χ0v) is 11.7. The zero-order valence-electron chi connectivity index (χ0n) is 11.7. The largest absolute Gasteiger partial charge is 0.494 e. The van der Waals surface area contributed by atoms with Crippen LogP contribution in [0.4, 0.5) is 0 Å². The number of aromatic hydroxyl groups is 2. The highest BCUT2D eigenvalue weighted by atomic mass is 16.3. The van der Waals surface area contributed by atoms with Crippen LogP contribution in [0.1, 0.15) is 62.5 Å². The van der Waals surface area contributed by atoms with Crippen LogP contribution in [0.2, 0.25) is 0 Å². The second-order valence-electron chi connectivity index (χ2n) is 6.83. The van der Waals surface area contributed by atoms with E-state index >= 15 is 0 Å². The molecule has 2 bridgehead atoms. The summed E-state index contributed by atoms with van der Waals surface area (Å²) >= 11 is 0. The standard InChI is InChI=1S/C16H23NO2/c1-3-7-5-8(4-2)12-10-6-9(11(7)12)13-14(10)16(19)17-15(13)18/h7-12,17-19H,3-6H2,1-2H3. The number of hydrogen-bond donors (Lipinski definition) is 3. The molecule has 0 aliphatic heterocycles. The van der Waals surface area contributed by atoms with Crippen LogP contribution in [0.25, 0.3) is 0 Å². The van der Waals surface area contributed by atoms with Crippen molar-refractivity contribution in [3.8, 4) is 11.8 Å². The molecule has 6 atom stereocenters. The van der Waals surface area contributed by atoms with E-state index in [1.807, 2.05) is 0 Å². The molecule has 3 nitrogen and oxygen atoms in total. The SMILES string of the molecule is CCC1CC(CC)C2C3CC(c4c(O)[nH]c(O)c43)C12. The van der Waals surface area contributed by atoms with E-state index in [0.717, 1.165) is 41.2 Å². The minimum atomic E-state index is 0.230. The number of aromatic amines is 1. The summed E-state index contributed by atoms with van der Waals surface area (Å²) in [5, 5.41) is 20.1. The Balaban J connectivity index is 1.82. The van der Waals surface area contributed by atoms with E-state index in [1.165, 1.54) is 19.3 Å². The Morgan fingerprint density at radius 3 is 1.79 bits per heavy atom. The average molecular weight is 261 g/mol. The van der Waals surface area contributed by atoms with E-state index in [2.05, 4.69) is 18.8 Å². The van der Waals surface area contributed by atoms with Crippen LogP contribution in [0.3, 0.4) is 0 Å². The smallest absolute Gasteiger partial charge is 0.195 e. The molecule has 104 valence electrons. The Labute approximate surface area is 114 Å². The summed E-state index contributed by atoms with van der Waals surface area (Å²) in [6.07, 6.45) is 5.02. The summed E-state index contributed by atoms with van der Waals surface area (Å²) in [5.41, 5.74) is 2.11. The van der Waals surface area contributed by atoms with Crippen molar-refractivity contribution in [1.82, 2.24) is 4.98 Å².